The Bertz CT molecular complexity index is 1700. The van der Waals surface area contributed by atoms with Crippen LogP contribution in [0.4, 0.5) is 24.5 Å². The fourth-order valence-corrected chi connectivity index (χ4v) is 5.45. The number of anilines is 2. The molecule has 0 bridgehead atoms. The minimum atomic E-state index is -2.62. The van der Waals surface area contributed by atoms with E-state index in [9.17, 15) is 13.2 Å². The first-order valence-corrected chi connectivity index (χ1v) is 12.7. The van der Waals surface area contributed by atoms with Gasteiger partial charge >= 0.3 is 0 Å². The van der Waals surface area contributed by atoms with Crippen molar-refractivity contribution in [3.05, 3.63) is 90.4 Å². The number of aromatic nitrogens is 4. The molecule has 0 radical (unpaired) electrons. The maximum Gasteiger partial charge on any atom is 0.261 e. The fraction of sp³-hybridized carbons (Fsp3) is 0.207. The molecule has 1 unspecified atom stereocenters. The minimum absolute atomic E-state index is 0.106. The number of likely N-dealkylation sites (tertiary alicyclic amines) is 1. The molecule has 0 amide bonds. The summed E-state index contributed by atoms with van der Waals surface area (Å²) in [5.74, 6) is -2.94. The van der Waals surface area contributed by atoms with Gasteiger partial charge in [-0.1, -0.05) is 24.3 Å². The second-order valence-corrected chi connectivity index (χ2v) is 10.1. The number of rotatable bonds is 5. The number of benzene rings is 2. The highest BCUT2D eigenvalue weighted by Gasteiger charge is 2.38. The third-order valence-electron chi connectivity index (χ3n) is 7.35. The van der Waals surface area contributed by atoms with Crippen LogP contribution in [0.5, 0.6) is 0 Å². The zero-order valence-electron chi connectivity index (χ0n) is 20.8. The van der Waals surface area contributed by atoms with Crippen molar-refractivity contribution in [3.8, 4) is 22.3 Å². The van der Waals surface area contributed by atoms with Crippen LogP contribution in [0.3, 0.4) is 0 Å². The first-order chi connectivity index (χ1) is 18.9. The Morgan fingerprint density at radius 2 is 1.79 bits per heavy atom. The fourth-order valence-electron chi connectivity index (χ4n) is 5.45. The summed E-state index contributed by atoms with van der Waals surface area (Å²) >= 11 is 0. The lowest BCUT2D eigenvalue weighted by Crippen LogP contribution is -2.24. The first-order valence-electron chi connectivity index (χ1n) is 12.7. The summed E-state index contributed by atoms with van der Waals surface area (Å²) in [5.41, 5.74) is 7.02. The number of pyridine rings is 2. The Morgan fingerprint density at radius 1 is 0.923 bits per heavy atom. The molecule has 2 aliphatic rings. The highest BCUT2D eigenvalue weighted by atomic mass is 19.3. The summed E-state index contributed by atoms with van der Waals surface area (Å²) in [6.07, 6.45) is 6.43. The van der Waals surface area contributed by atoms with Gasteiger partial charge in [0.15, 0.2) is 0 Å². The van der Waals surface area contributed by atoms with E-state index < -0.39 is 5.92 Å². The molecule has 3 aromatic heterocycles. The first kappa shape index (κ1) is 23.7. The Balaban J connectivity index is 1.18. The van der Waals surface area contributed by atoms with Crippen molar-refractivity contribution in [1.29, 1.82) is 0 Å². The van der Waals surface area contributed by atoms with E-state index in [1.807, 2.05) is 24.3 Å². The molecule has 7 nitrogen and oxygen atoms in total. The highest BCUT2D eigenvalue weighted by molar-refractivity contribution is 5.92. The van der Waals surface area contributed by atoms with Crippen LogP contribution in [-0.2, 0) is 6.54 Å². The molecular weight excluding hydrogens is 503 g/mol. The van der Waals surface area contributed by atoms with Crippen molar-refractivity contribution in [1.82, 2.24) is 25.1 Å². The normalized spacial score (nSPS) is 18.2. The molecule has 3 N–H and O–H groups in total. The van der Waals surface area contributed by atoms with Crippen LogP contribution in [0.25, 0.3) is 33.2 Å². The van der Waals surface area contributed by atoms with E-state index in [-0.39, 0.29) is 24.9 Å². The van der Waals surface area contributed by atoms with Gasteiger partial charge in [0.05, 0.1) is 35.3 Å². The molecule has 2 aliphatic heterocycles. The quantitative estimate of drug-likeness (QED) is 0.252. The number of nitrogens with zero attached hydrogens (tertiary/aromatic N) is 4. The average Bonchev–Trinajstić information content (AvgIpc) is 3.64. The average molecular weight is 528 g/mol. The van der Waals surface area contributed by atoms with Crippen molar-refractivity contribution < 1.29 is 13.2 Å². The van der Waals surface area contributed by atoms with E-state index in [1.165, 1.54) is 6.07 Å². The van der Waals surface area contributed by atoms with Crippen molar-refractivity contribution in [3.63, 3.8) is 0 Å². The van der Waals surface area contributed by atoms with Crippen LogP contribution >= 0.6 is 0 Å². The van der Waals surface area contributed by atoms with E-state index in [2.05, 4.69) is 30.8 Å². The third kappa shape index (κ3) is 4.36. The number of H-pyrrole nitrogens is 1. The Kier molecular flexibility index (Phi) is 5.52. The number of aromatic amines is 1. The summed E-state index contributed by atoms with van der Waals surface area (Å²) in [5, 5.41) is 15.4. The molecule has 196 valence electrons. The van der Waals surface area contributed by atoms with Gasteiger partial charge in [-0.3, -0.25) is 20.0 Å². The Hall–Kier alpha value is -4.44. The van der Waals surface area contributed by atoms with Gasteiger partial charge in [-0.05, 0) is 35.4 Å². The van der Waals surface area contributed by atoms with Crippen molar-refractivity contribution in [2.45, 2.75) is 25.1 Å². The molecule has 39 heavy (non-hydrogen) atoms. The standard InChI is InChI=1S/C29H24F3N7/c30-23-4-2-1-3-20(23)22-13-34-14-25-26(22)36-28(35-25)27-21-10-18(5-6-24(21)37-38-27)19-9-17(11-33-12-19)15-39-8-7-29(31,32)16-39/h1-6,9-14,28,35-36H,7-8,15-16H2,(H,37,38). The molecule has 0 aliphatic carbocycles. The summed E-state index contributed by atoms with van der Waals surface area (Å²) in [7, 11) is 0. The largest absolute Gasteiger partial charge is 0.358 e. The zero-order valence-corrected chi connectivity index (χ0v) is 20.8. The molecule has 1 fully saturated rings. The van der Waals surface area contributed by atoms with Crippen LogP contribution in [0.2, 0.25) is 0 Å². The molecule has 0 spiro atoms. The van der Waals surface area contributed by atoms with Gasteiger partial charge in [0.2, 0.25) is 0 Å². The lowest BCUT2D eigenvalue weighted by atomic mass is 10.0. The lowest BCUT2D eigenvalue weighted by molar-refractivity contribution is 0.0115. The van der Waals surface area contributed by atoms with Crippen molar-refractivity contribution in [2.24, 2.45) is 0 Å². The number of fused-ring (bicyclic) bond motifs is 2. The lowest BCUT2D eigenvalue weighted by Gasteiger charge is -2.16. The smallest absolute Gasteiger partial charge is 0.261 e. The SMILES string of the molecule is Fc1ccccc1-c1cncc2c1NC(c1[nH]nc3ccc(-c4cncc(CN5CCC(F)(F)C5)c4)cc13)N2. The summed E-state index contributed by atoms with van der Waals surface area (Å²) in [4.78, 5) is 10.5. The molecule has 5 heterocycles. The maximum absolute atomic E-state index is 14.6. The van der Waals surface area contributed by atoms with E-state index >= 15 is 0 Å². The van der Waals surface area contributed by atoms with Crippen molar-refractivity contribution >= 4 is 22.3 Å². The van der Waals surface area contributed by atoms with Gasteiger partial charge in [-0.2, -0.15) is 5.10 Å². The molecule has 7 rings (SSSR count). The predicted molar refractivity (Wildman–Crippen MR) is 144 cm³/mol. The number of nitrogens with one attached hydrogen (secondary N) is 3. The van der Waals surface area contributed by atoms with E-state index in [1.54, 1.807) is 47.9 Å². The molecular formula is C29H24F3N7. The molecule has 10 heteroatoms. The molecule has 5 aromatic rings. The summed E-state index contributed by atoms with van der Waals surface area (Å²) < 4.78 is 41.9. The van der Waals surface area contributed by atoms with Gasteiger partial charge in [-0.15, -0.1) is 0 Å². The van der Waals surface area contributed by atoms with E-state index in [0.717, 1.165) is 44.7 Å². The molecule has 1 atom stereocenters. The zero-order chi connectivity index (χ0) is 26.6. The molecule has 1 saturated heterocycles. The van der Waals surface area contributed by atoms with Crippen LogP contribution in [0.1, 0.15) is 23.8 Å². The number of alkyl halides is 2. The number of halogens is 3. The van der Waals surface area contributed by atoms with Crippen LogP contribution in [-0.4, -0.2) is 44.1 Å². The van der Waals surface area contributed by atoms with Gasteiger partial charge < -0.3 is 10.6 Å². The number of hydrogen-bond acceptors (Lipinski definition) is 6. The Morgan fingerprint density at radius 3 is 2.64 bits per heavy atom. The van der Waals surface area contributed by atoms with Gasteiger partial charge in [0, 0.05) is 60.2 Å². The predicted octanol–water partition coefficient (Wildman–Crippen LogP) is 6.20. The second-order valence-electron chi connectivity index (χ2n) is 10.1. The van der Waals surface area contributed by atoms with Crippen molar-refractivity contribution in [2.75, 3.05) is 23.7 Å². The monoisotopic (exact) mass is 527 g/mol. The molecule has 0 saturated carbocycles. The summed E-state index contributed by atoms with van der Waals surface area (Å²) in [6.45, 7) is 0.584. The minimum Gasteiger partial charge on any atom is -0.358 e. The van der Waals surface area contributed by atoms with E-state index in [4.69, 9.17) is 0 Å². The van der Waals surface area contributed by atoms with Crippen LogP contribution in [0.15, 0.2) is 73.3 Å². The van der Waals surface area contributed by atoms with Gasteiger partial charge in [-0.25, -0.2) is 13.2 Å². The summed E-state index contributed by atoms with van der Waals surface area (Å²) in [6, 6.07) is 14.6. The van der Waals surface area contributed by atoms with E-state index in [0.29, 0.717) is 24.2 Å². The topological polar surface area (TPSA) is 81.8 Å². The second kappa shape index (κ2) is 9.09. The van der Waals surface area contributed by atoms with Crippen LogP contribution in [0, 0.1) is 5.82 Å². The van der Waals surface area contributed by atoms with Gasteiger partial charge in [0.1, 0.15) is 12.0 Å². The highest BCUT2D eigenvalue weighted by Crippen LogP contribution is 2.43. The maximum atomic E-state index is 14.6. The van der Waals surface area contributed by atoms with Gasteiger partial charge in [0.25, 0.3) is 5.92 Å². The van der Waals surface area contributed by atoms with Crippen LogP contribution < -0.4 is 10.6 Å². The molecule has 2 aromatic carbocycles. The third-order valence-corrected chi connectivity index (χ3v) is 7.35. The number of hydrogen-bond donors (Lipinski definition) is 3. The Labute approximate surface area is 222 Å².